The van der Waals surface area contributed by atoms with Gasteiger partial charge in [0.2, 0.25) is 0 Å². The van der Waals surface area contributed by atoms with Crippen LogP contribution in [0, 0.1) is 6.92 Å². The molecule has 0 aliphatic heterocycles. The Labute approximate surface area is 153 Å². The molecular formula is C23H21N3. The van der Waals surface area contributed by atoms with Crippen LogP contribution in [-0.2, 0) is 6.42 Å². The van der Waals surface area contributed by atoms with Crippen LogP contribution in [0.2, 0.25) is 0 Å². The predicted octanol–water partition coefficient (Wildman–Crippen LogP) is 5.26. The van der Waals surface area contributed by atoms with Gasteiger partial charge in [0.25, 0.3) is 0 Å². The van der Waals surface area contributed by atoms with Gasteiger partial charge in [-0.2, -0.15) is 0 Å². The van der Waals surface area contributed by atoms with Gasteiger partial charge in [0.15, 0.2) is 5.82 Å². The molecule has 1 N–H and O–H groups in total. The highest BCUT2D eigenvalue weighted by Gasteiger charge is 2.11. The molecule has 0 amide bonds. The van der Waals surface area contributed by atoms with Crippen LogP contribution < -0.4 is 5.32 Å². The molecule has 4 aromatic rings. The van der Waals surface area contributed by atoms with Crippen molar-refractivity contribution < 1.29 is 0 Å². The third-order valence-corrected chi connectivity index (χ3v) is 4.51. The van der Waals surface area contributed by atoms with Gasteiger partial charge in [-0.1, -0.05) is 72.8 Å². The zero-order valence-electron chi connectivity index (χ0n) is 14.8. The van der Waals surface area contributed by atoms with Crippen LogP contribution in [0.1, 0.15) is 11.1 Å². The molecule has 0 spiro atoms. The van der Waals surface area contributed by atoms with Crippen LogP contribution in [-0.4, -0.2) is 16.5 Å². The highest BCUT2D eigenvalue weighted by Crippen LogP contribution is 2.27. The summed E-state index contributed by atoms with van der Waals surface area (Å²) in [4.78, 5) is 9.62. The van der Waals surface area contributed by atoms with Gasteiger partial charge in [0.05, 0.1) is 5.52 Å². The molecule has 4 rings (SSSR count). The molecule has 26 heavy (non-hydrogen) atoms. The minimum absolute atomic E-state index is 0.755. The van der Waals surface area contributed by atoms with E-state index < -0.39 is 0 Å². The maximum absolute atomic E-state index is 4.84. The Morgan fingerprint density at radius 2 is 1.50 bits per heavy atom. The second-order valence-electron chi connectivity index (χ2n) is 6.39. The van der Waals surface area contributed by atoms with E-state index in [1.807, 2.05) is 42.5 Å². The number of nitrogens with one attached hydrogen (secondary N) is 1. The normalized spacial score (nSPS) is 10.8. The maximum Gasteiger partial charge on any atom is 0.162 e. The number of aromatic nitrogens is 2. The average Bonchev–Trinajstić information content (AvgIpc) is 2.69. The molecular weight excluding hydrogens is 318 g/mol. The summed E-state index contributed by atoms with van der Waals surface area (Å²) in [5, 5.41) is 4.63. The van der Waals surface area contributed by atoms with Crippen LogP contribution >= 0.6 is 0 Å². The Kier molecular flexibility index (Phi) is 4.61. The van der Waals surface area contributed by atoms with Crippen molar-refractivity contribution >= 4 is 16.7 Å². The number of hydrogen-bond acceptors (Lipinski definition) is 3. The molecule has 1 aromatic heterocycles. The fraction of sp³-hybridized carbons (Fsp3) is 0.130. The quantitative estimate of drug-likeness (QED) is 0.539. The SMILES string of the molecule is Cc1cccc2nc(-c3ccccc3)nc(NCCc3ccccc3)c12. The predicted molar refractivity (Wildman–Crippen MR) is 108 cm³/mol. The van der Waals surface area contributed by atoms with E-state index in [1.165, 1.54) is 11.1 Å². The molecule has 3 aromatic carbocycles. The lowest BCUT2D eigenvalue weighted by atomic mass is 10.1. The smallest absolute Gasteiger partial charge is 0.162 e. The summed E-state index contributed by atoms with van der Waals surface area (Å²) in [6, 6.07) is 26.8. The van der Waals surface area contributed by atoms with Crippen molar-refractivity contribution in [1.29, 1.82) is 0 Å². The van der Waals surface area contributed by atoms with E-state index in [9.17, 15) is 0 Å². The number of fused-ring (bicyclic) bond motifs is 1. The van der Waals surface area contributed by atoms with Crippen molar-refractivity contribution in [2.75, 3.05) is 11.9 Å². The Morgan fingerprint density at radius 1 is 0.769 bits per heavy atom. The van der Waals surface area contributed by atoms with Crippen LogP contribution in [0.15, 0.2) is 78.9 Å². The summed E-state index contributed by atoms with van der Waals surface area (Å²) in [5.74, 6) is 1.66. The summed E-state index contributed by atoms with van der Waals surface area (Å²) in [5.41, 5.74) is 4.51. The molecule has 1 heterocycles. The van der Waals surface area contributed by atoms with Crippen molar-refractivity contribution in [3.05, 3.63) is 90.0 Å². The topological polar surface area (TPSA) is 37.8 Å². The van der Waals surface area contributed by atoms with Gasteiger partial charge in [-0.25, -0.2) is 9.97 Å². The van der Waals surface area contributed by atoms with E-state index >= 15 is 0 Å². The molecule has 0 unspecified atom stereocenters. The van der Waals surface area contributed by atoms with Gasteiger partial charge in [-0.05, 0) is 30.5 Å². The van der Waals surface area contributed by atoms with Crippen molar-refractivity contribution in [2.45, 2.75) is 13.3 Å². The second-order valence-corrected chi connectivity index (χ2v) is 6.39. The van der Waals surface area contributed by atoms with E-state index in [0.29, 0.717) is 0 Å². The molecule has 0 radical (unpaired) electrons. The minimum Gasteiger partial charge on any atom is -0.369 e. The number of hydrogen-bond donors (Lipinski definition) is 1. The van der Waals surface area contributed by atoms with Crippen molar-refractivity contribution in [1.82, 2.24) is 9.97 Å². The lowest BCUT2D eigenvalue weighted by Gasteiger charge is -2.13. The first-order valence-corrected chi connectivity index (χ1v) is 8.92. The van der Waals surface area contributed by atoms with Crippen LogP contribution in [0.3, 0.4) is 0 Å². The summed E-state index contributed by atoms with van der Waals surface area (Å²) >= 11 is 0. The van der Waals surface area contributed by atoms with E-state index in [2.05, 4.69) is 48.6 Å². The van der Waals surface area contributed by atoms with Crippen LogP contribution in [0.4, 0.5) is 5.82 Å². The summed E-state index contributed by atoms with van der Waals surface area (Å²) < 4.78 is 0. The third kappa shape index (κ3) is 3.42. The van der Waals surface area contributed by atoms with Gasteiger partial charge in [-0.3, -0.25) is 0 Å². The Morgan fingerprint density at radius 3 is 2.27 bits per heavy atom. The van der Waals surface area contributed by atoms with E-state index in [-0.39, 0.29) is 0 Å². The molecule has 0 atom stereocenters. The second kappa shape index (κ2) is 7.36. The lowest BCUT2D eigenvalue weighted by Crippen LogP contribution is -2.08. The fourth-order valence-corrected chi connectivity index (χ4v) is 3.17. The fourth-order valence-electron chi connectivity index (χ4n) is 3.17. The van der Waals surface area contributed by atoms with Gasteiger partial charge in [0, 0.05) is 17.5 Å². The molecule has 128 valence electrons. The van der Waals surface area contributed by atoms with Crippen molar-refractivity contribution in [2.24, 2.45) is 0 Å². The van der Waals surface area contributed by atoms with Gasteiger partial charge >= 0.3 is 0 Å². The Hall–Kier alpha value is -3.20. The number of rotatable bonds is 5. The molecule has 0 saturated heterocycles. The molecule has 0 aliphatic rings. The van der Waals surface area contributed by atoms with Crippen LogP contribution in [0.25, 0.3) is 22.3 Å². The van der Waals surface area contributed by atoms with E-state index in [0.717, 1.165) is 41.1 Å². The van der Waals surface area contributed by atoms with Crippen molar-refractivity contribution in [3.63, 3.8) is 0 Å². The summed E-state index contributed by atoms with van der Waals surface area (Å²) in [6.45, 7) is 2.94. The highest BCUT2D eigenvalue weighted by atomic mass is 15.0. The van der Waals surface area contributed by atoms with Crippen molar-refractivity contribution in [3.8, 4) is 11.4 Å². The first-order chi connectivity index (χ1) is 12.8. The standard InChI is InChI=1S/C23H21N3/c1-17-9-8-14-20-21(17)23(24-16-15-18-10-4-2-5-11-18)26-22(25-20)19-12-6-3-7-13-19/h2-14H,15-16H2,1H3,(H,24,25,26). The highest BCUT2D eigenvalue weighted by molar-refractivity contribution is 5.93. The first-order valence-electron chi connectivity index (χ1n) is 8.92. The third-order valence-electron chi connectivity index (χ3n) is 4.51. The largest absolute Gasteiger partial charge is 0.369 e. The summed E-state index contributed by atoms with van der Waals surface area (Å²) in [6.07, 6.45) is 0.957. The van der Waals surface area contributed by atoms with E-state index in [4.69, 9.17) is 9.97 Å². The van der Waals surface area contributed by atoms with Gasteiger partial charge in [0.1, 0.15) is 5.82 Å². The molecule has 3 nitrogen and oxygen atoms in total. The molecule has 0 bridgehead atoms. The minimum atomic E-state index is 0.755. The zero-order chi connectivity index (χ0) is 17.8. The Balaban J connectivity index is 1.69. The zero-order valence-corrected chi connectivity index (χ0v) is 14.8. The number of aryl methyl sites for hydroxylation is 1. The Bertz CT molecular complexity index is 1010. The lowest BCUT2D eigenvalue weighted by molar-refractivity contribution is 1.01. The van der Waals surface area contributed by atoms with Crippen LogP contribution in [0.5, 0.6) is 0 Å². The summed E-state index contributed by atoms with van der Waals surface area (Å²) in [7, 11) is 0. The monoisotopic (exact) mass is 339 g/mol. The first kappa shape index (κ1) is 16.3. The van der Waals surface area contributed by atoms with Gasteiger partial charge in [-0.15, -0.1) is 0 Å². The molecule has 0 aliphatic carbocycles. The molecule has 0 saturated carbocycles. The molecule has 0 fully saturated rings. The maximum atomic E-state index is 4.84. The van der Waals surface area contributed by atoms with E-state index in [1.54, 1.807) is 0 Å². The average molecular weight is 339 g/mol. The number of nitrogens with zero attached hydrogens (tertiary/aromatic N) is 2. The van der Waals surface area contributed by atoms with Gasteiger partial charge < -0.3 is 5.32 Å². The number of benzene rings is 3. The number of anilines is 1. The molecule has 3 heteroatoms.